The summed E-state index contributed by atoms with van der Waals surface area (Å²) in [6.45, 7) is 6.95. The molecule has 1 aromatic heterocycles. The molecule has 1 fully saturated rings. The van der Waals surface area contributed by atoms with Gasteiger partial charge in [-0.1, -0.05) is 13.0 Å². The summed E-state index contributed by atoms with van der Waals surface area (Å²) in [5.74, 6) is 0.451. The third kappa shape index (κ3) is 4.11. The quantitative estimate of drug-likeness (QED) is 0.915. The number of amides is 1. The van der Waals surface area contributed by atoms with E-state index in [0.717, 1.165) is 38.5 Å². The number of anilines is 2. The van der Waals surface area contributed by atoms with Gasteiger partial charge in [0.2, 0.25) is 0 Å². The van der Waals surface area contributed by atoms with Crippen LogP contribution in [0.25, 0.3) is 0 Å². The Morgan fingerprint density at radius 3 is 2.76 bits per heavy atom. The van der Waals surface area contributed by atoms with Crippen molar-refractivity contribution in [1.29, 1.82) is 5.26 Å². The van der Waals surface area contributed by atoms with Gasteiger partial charge in [0.05, 0.1) is 11.6 Å². The second-order valence-electron chi connectivity index (χ2n) is 5.83. The Morgan fingerprint density at radius 2 is 2.04 bits per heavy atom. The van der Waals surface area contributed by atoms with E-state index in [1.54, 1.807) is 30.3 Å². The topological polar surface area (TPSA) is 85.1 Å². The van der Waals surface area contributed by atoms with Crippen molar-refractivity contribution in [2.75, 3.05) is 42.9 Å². The Bertz CT molecular complexity index is 792. The SMILES string of the molecule is CCN1CCN(c2cc(C(=O)Nc3cccc(C#N)c3)ncn2)CC1. The molecule has 1 aliphatic rings. The number of hydrogen-bond acceptors (Lipinski definition) is 6. The maximum atomic E-state index is 12.4. The van der Waals surface area contributed by atoms with Crippen molar-refractivity contribution >= 4 is 17.4 Å². The van der Waals surface area contributed by atoms with Crippen molar-refractivity contribution in [3.05, 3.63) is 47.9 Å². The predicted octanol–water partition coefficient (Wildman–Crippen LogP) is 1.74. The zero-order valence-electron chi connectivity index (χ0n) is 14.1. The lowest BCUT2D eigenvalue weighted by molar-refractivity contribution is 0.102. The van der Waals surface area contributed by atoms with E-state index in [1.807, 2.05) is 0 Å². The molecule has 3 rings (SSSR count). The molecular weight excluding hydrogens is 316 g/mol. The van der Waals surface area contributed by atoms with Crippen LogP contribution in [0.4, 0.5) is 11.5 Å². The minimum absolute atomic E-state index is 0.310. The number of benzene rings is 1. The lowest BCUT2D eigenvalue weighted by Gasteiger charge is -2.34. The molecule has 1 saturated heterocycles. The van der Waals surface area contributed by atoms with Gasteiger partial charge in [-0.05, 0) is 24.7 Å². The van der Waals surface area contributed by atoms with E-state index >= 15 is 0 Å². The third-order valence-electron chi connectivity index (χ3n) is 4.28. The van der Waals surface area contributed by atoms with Gasteiger partial charge in [0.15, 0.2) is 0 Å². The summed E-state index contributed by atoms with van der Waals surface area (Å²) >= 11 is 0. The van der Waals surface area contributed by atoms with Crippen LogP contribution in [0.15, 0.2) is 36.7 Å². The van der Waals surface area contributed by atoms with Crippen molar-refractivity contribution in [2.45, 2.75) is 6.92 Å². The number of piperazine rings is 1. The summed E-state index contributed by atoms with van der Waals surface area (Å²) in [6.07, 6.45) is 1.42. The van der Waals surface area contributed by atoms with Crippen molar-refractivity contribution in [2.24, 2.45) is 0 Å². The van der Waals surface area contributed by atoms with Crippen LogP contribution < -0.4 is 10.2 Å². The molecule has 1 N–H and O–H groups in total. The Hall–Kier alpha value is -2.98. The largest absolute Gasteiger partial charge is 0.354 e. The number of nitrogens with zero attached hydrogens (tertiary/aromatic N) is 5. The molecule has 0 atom stereocenters. The number of likely N-dealkylation sites (N-methyl/N-ethyl adjacent to an activating group) is 1. The molecule has 0 radical (unpaired) electrons. The molecule has 0 aliphatic carbocycles. The van der Waals surface area contributed by atoms with Crippen molar-refractivity contribution < 1.29 is 4.79 Å². The molecule has 1 amide bonds. The van der Waals surface area contributed by atoms with E-state index in [2.05, 4.69) is 38.1 Å². The van der Waals surface area contributed by atoms with Crippen molar-refractivity contribution in [3.63, 3.8) is 0 Å². The van der Waals surface area contributed by atoms with Crippen LogP contribution in [-0.4, -0.2) is 53.5 Å². The van der Waals surface area contributed by atoms with Crippen molar-refractivity contribution in [3.8, 4) is 6.07 Å². The standard InChI is InChI=1S/C18H20N6O/c1-2-23-6-8-24(9-7-23)17-11-16(20-13-21-17)18(25)22-15-5-3-4-14(10-15)12-19/h3-5,10-11,13H,2,6-9H2,1H3,(H,22,25). The predicted molar refractivity (Wildman–Crippen MR) is 95.5 cm³/mol. The summed E-state index contributed by atoms with van der Waals surface area (Å²) in [7, 11) is 0. The number of nitrogens with one attached hydrogen (secondary N) is 1. The molecule has 0 unspecified atom stereocenters. The Labute approximate surface area is 146 Å². The molecule has 1 aliphatic heterocycles. The molecule has 7 nitrogen and oxygen atoms in total. The normalized spacial score (nSPS) is 14.8. The maximum Gasteiger partial charge on any atom is 0.274 e. The first-order valence-corrected chi connectivity index (χ1v) is 8.30. The highest BCUT2D eigenvalue weighted by Gasteiger charge is 2.18. The Morgan fingerprint density at radius 1 is 1.24 bits per heavy atom. The van der Waals surface area contributed by atoms with Crippen LogP contribution >= 0.6 is 0 Å². The molecule has 0 saturated carbocycles. The van der Waals surface area contributed by atoms with Crippen LogP contribution in [0.1, 0.15) is 23.0 Å². The van der Waals surface area contributed by atoms with Gasteiger partial charge >= 0.3 is 0 Å². The van der Waals surface area contributed by atoms with Crippen LogP contribution in [0.2, 0.25) is 0 Å². The van der Waals surface area contributed by atoms with E-state index in [4.69, 9.17) is 5.26 Å². The van der Waals surface area contributed by atoms with Gasteiger partial charge in [-0.3, -0.25) is 4.79 Å². The lowest BCUT2D eigenvalue weighted by Crippen LogP contribution is -2.46. The first-order valence-electron chi connectivity index (χ1n) is 8.30. The number of carbonyl (C=O) groups excluding carboxylic acids is 1. The fourth-order valence-corrected chi connectivity index (χ4v) is 2.80. The second kappa shape index (κ2) is 7.73. The molecule has 2 heterocycles. The third-order valence-corrected chi connectivity index (χ3v) is 4.28. The average molecular weight is 336 g/mol. The number of hydrogen-bond donors (Lipinski definition) is 1. The monoisotopic (exact) mass is 336 g/mol. The minimum Gasteiger partial charge on any atom is -0.354 e. The zero-order valence-corrected chi connectivity index (χ0v) is 14.1. The van der Waals surface area contributed by atoms with E-state index in [9.17, 15) is 4.79 Å². The zero-order chi connectivity index (χ0) is 17.6. The van der Waals surface area contributed by atoms with E-state index < -0.39 is 0 Å². The van der Waals surface area contributed by atoms with Gasteiger partial charge in [0.1, 0.15) is 17.8 Å². The van der Waals surface area contributed by atoms with E-state index in [0.29, 0.717) is 16.9 Å². The van der Waals surface area contributed by atoms with Crippen LogP contribution in [0.5, 0.6) is 0 Å². The molecule has 0 spiro atoms. The molecule has 128 valence electrons. The highest BCUT2D eigenvalue weighted by atomic mass is 16.1. The first kappa shape index (κ1) is 16.9. The number of rotatable bonds is 4. The summed E-state index contributed by atoms with van der Waals surface area (Å²) in [6, 6.07) is 10.6. The maximum absolute atomic E-state index is 12.4. The van der Waals surface area contributed by atoms with Gasteiger partial charge in [-0.2, -0.15) is 5.26 Å². The lowest BCUT2D eigenvalue weighted by atomic mass is 10.2. The van der Waals surface area contributed by atoms with Gasteiger partial charge in [-0.25, -0.2) is 9.97 Å². The second-order valence-corrected chi connectivity index (χ2v) is 5.83. The number of aromatic nitrogens is 2. The summed E-state index contributed by atoms with van der Waals surface area (Å²) < 4.78 is 0. The van der Waals surface area contributed by atoms with Gasteiger partial charge in [-0.15, -0.1) is 0 Å². The molecule has 1 aromatic carbocycles. The molecular formula is C18H20N6O. The smallest absolute Gasteiger partial charge is 0.274 e. The number of nitriles is 1. The van der Waals surface area contributed by atoms with Crippen LogP contribution in [-0.2, 0) is 0 Å². The summed E-state index contributed by atoms with van der Waals surface area (Å²) in [4.78, 5) is 25.4. The molecule has 25 heavy (non-hydrogen) atoms. The molecule has 2 aromatic rings. The van der Waals surface area contributed by atoms with Crippen molar-refractivity contribution in [1.82, 2.24) is 14.9 Å². The number of carbonyl (C=O) groups is 1. The Kier molecular flexibility index (Phi) is 5.21. The fraction of sp³-hybridized carbons (Fsp3) is 0.333. The fourth-order valence-electron chi connectivity index (χ4n) is 2.80. The minimum atomic E-state index is -0.314. The summed E-state index contributed by atoms with van der Waals surface area (Å²) in [5.41, 5.74) is 1.38. The average Bonchev–Trinajstić information content (AvgIpc) is 2.68. The van der Waals surface area contributed by atoms with Gasteiger partial charge in [0.25, 0.3) is 5.91 Å². The highest BCUT2D eigenvalue weighted by Crippen LogP contribution is 2.16. The highest BCUT2D eigenvalue weighted by molar-refractivity contribution is 6.03. The van der Waals surface area contributed by atoms with Gasteiger partial charge < -0.3 is 15.1 Å². The molecule has 7 heteroatoms. The van der Waals surface area contributed by atoms with E-state index in [-0.39, 0.29) is 5.91 Å². The summed E-state index contributed by atoms with van der Waals surface area (Å²) in [5, 5.41) is 11.7. The van der Waals surface area contributed by atoms with E-state index in [1.165, 1.54) is 6.33 Å². The first-order chi connectivity index (χ1) is 12.2. The Balaban J connectivity index is 1.70. The molecule has 0 bridgehead atoms. The van der Waals surface area contributed by atoms with Crippen LogP contribution in [0, 0.1) is 11.3 Å². The van der Waals surface area contributed by atoms with Crippen LogP contribution in [0.3, 0.4) is 0 Å². The van der Waals surface area contributed by atoms with Gasteiger partial charge in [0, 0.05) is 37.9 Å².